The number of aryl methyl sites for hydroxylation is 1. The molecule has 122 valence electrons. The molecule has 3 rings (SSSR count). The normalized spacial score (nSPS) is 17.6. The molecule has 0 spiro atoms. The second-order valence-corrected chi connectivity index (χ2v) is 5.08. The molecule has 0 aliphatic carbocycles. The van der Waals surface area contributed by atoms with Crippen molar-refractivity contribution in [3.05, 3.63) is 28.7 Å². The van der Waals surface area contributed by atoms with Gasteiger partial charge in [0.05, 0.1) is 24.4 Å². The van der Waals surface area contributed by atoms with Crippen LogP contribution in [0.2, 0.25) is 0 Å². The van der Waals surface area contributed by atoms with Crippen LogP contribution in [0.1, 0.15) is 0 Å². The van der Waals surface area contributed by atoms with E-state index in [4.69, 9.17) is 14.3 Å². The van der Waals surface area contributed by atoms with E-state index < -0.39 is 23.9 Å². The van der Waals surface area contributed by atoms with Crippen molar-refractivity contribution in [1.82, 2.24) is 9.88 Å². The van der Waals surface area contributed by atoms with Gasteiger partial charge in [0.25, 0.3) is 5.91 Å². The molecule has 0 unspecified atom stereocenters. The van der Waals surface area contributed by atoms with Gasteiger partial charge in [-0.25, -0.2) is 9.59 Å². The lowest BCUT2D eigenvalue weighted by atomic mass is 10.2. The molecular weight excluding hydrogens is 306 g/mol. The van der Waals surface area contributed by atoms with Gasteiger partial charge in [0.1, 0.15) is 0 Å². The molecule has 9 heteroatoms. The summed E-state index contributed by atoms with van der Waals surface area (Å²) in [5.41, 5.74) is 1.41. The number of hydrogen-bond donors (Lipinski definition) is 2. The number of nitrogens with zero attached hydrogens (tertiary/aromatic N) is 2. The van der Waals surface area contributed by atoms with E-state index in [1.165, 1.54) is 9.47 Å². The monoisotopic (exact) mass is 321 g/mol. The lowest BCUT2D eigenvalue weighted by molar-refractivity contribution is -0.127. The number of rotatable bonds is 4. The van der Waals surface area contributed by atoms with E-state index in [1.54, 1.807) is 25.2 Å². The van der Waals surface area contributed by atoms with Crippen LogP contribution in [0.15, 0.2) is 27.4 Å². The fourth-order valence-corrected chi connectivity index (χ4v) is 2.39. The summed E-state index contributed by atoms with van der Waals surface area (Å²) in [5.74, 6) is -0.968. The molecule has 2 heterocycles. The highest BCUT2D eigenvalue weighted by Gasteiger charge is 2.37. The van der Waals surface area contributed by atoms with Gasteiger partial charge in [-0.3, -0.25) is 14.3 Å². The van der Waals surface area contributed by atoms with Crippen LogP contribution in [0, 0.1) is 0 Å². The largest absolute Gasteiger partial charge is 0.434 e. The Bertz CT molecular complexity index is 824. The SMILES string of the molecule is Cn1c(=O)oc2cc(N3C[C@H](C(=O)NCCO)OC3=O)ccc21. The van der Waals surface area contributed by atoms with Crippen molar-refractivity contribution in [3.8, 4) is 0 Å². The molecule has 1 atom stereocenters. The topological polar surface area (TPSA) is 114 Å². The molecule has 23 heavy (non-hydrogen) atoms. The number of carbonyl (C=O) groups is 2. The Labute approximate surface area is 130 Å². The molecule has 1 saturated heterocycles. The standard InChI is InChI=1S/C14H15N3O6/c1-16-9-3-2-8(6-10(9)22-13(16)20)17-7-11(23-14(17)21)12(19)15-4-5-18/h2-3,6,11,18H,4-5,7H2,1H3,(H,15,19)/t11-/m1/s1. The van der Waals surface area contributed by atoms with Gasteiger partial charge >= 0.3 is 11.8 Å². The van der Waals surface area contributed by atoms with Crippen LogP contribution in [0.4, 0.5) is 10.5 Å². The number of nitrogens with one attached hydrogen (secondary N) is 1. The maximum atomic E-state index is 11.9. The van der Waals surface area contributed by atoms with Gasteiger partial charge in [-0.05, 0) is 12.1 Å². The van der Waals surface area contributed by atoms with Gasteiger partial charge in [0.2, 0.25) is 0 Å². The number of cyclic esters (lactones) is 1. The maximum Gasteiger partial charge on any atom is 0.419 e. The molecule has 9 nitrogen and oxygen atoms in total. The third kappa shape index (κ3) is 2.66. The molecule has 0 radical (unpaired) electrons. The van der Waals surface area contributed by atoms with Gasteiger partial charge in [-0.1, -0.05) is 0 Å². The van der Waals surface area contributed by atoms with Crippen LogP contribution < -0.4 is 16.0 Å². The quantitative estimate of drug-likeness (QED) is 0.789. The van der Waals surface area contributed by atoms with Crippen LogP contribution >= 0.6 is 0 Å². The van der Waals surface area contributed by atoms with E-state index >= 15 is 0 Å². The Morgan fingerprint density at radius 1 is 1.43 bits per heavy atom. The van der Waals surface area contributed by atoms with Crippen molar-refractivity contribution in [1.29, 1.82) is 0 Å². The van der Waals surface area contributed by atoms with Crippen LogP contribution in [0.5, 0.6) is 0 Å². The third-order valence-corrected chi connectivity index (χ3v) is 3.60. The molecule has 0 saturated carbocycles. The number of aliphatic hydroxyl groups excluding tert-OH is 1. The number of aliphatic hydroxyl groups is 1. The van der Waals surface area contributed by atoms with Crippen molar-refractivity contribution in [3.63, 3.8) is 0 Å². The predicted octanol–water partition coefficient (Wildman–Crippen LogP) is -0.435. The van der Waals surface area contributed by atoms with Crippen LogP contribution in [0.25, 0.3) is 11.1 Å². The van der Waals surface area contributed by atoms with Crippen LogP contribution in [-0.2, 0) is 16.6 Å². The number of hydrogen-bond acceptors (Lipinski definition) is 6. The van der Waals surface area contributed by atoms with Crippen molar-refractivity contribution in [2.45, 2.75) is 6.10 Å². The summed E-state index contributed by atoms with van der Waals surface area (Å²) in [6, 6.07) is 4.85. The Morgan fingerprint density at radius 3 is 2.96 bits per heavy atom. The number of aromatic nitrogens is 1. The van der Waals surface area contributed by atoms with Crippen molar-refractivity contribution in [2.75, 3.05) is 24.6 Å². The Kier molecular flexibility index (Phi) is 3.78. The first-order valence-electron chi connectivity index (χ1n) is 6.97. The lowest BCUT2D eigenvalue weighted by Gasteiger charge is -2.12. The van der Waals surface area contributed by atoms with Gasteiger partial charge in [0, 0.05) is 19.7 Å². The second-order valence-electron chi connectivity index (χ2n) is 5.08. The summed E-state index contributed by atoms with van der Waals surface area (Å²) < 4.78 is 11.5. The minimum atomic E-state index is -0.951. The summed E-state index contributed by atoms with van der Waals surface area (Å²) in [5, 5.41) is 11.1. The van der Waals surface area contributed by atoms with Crippen molar-refractivity contribution < 1.29 is 23.8 Å². The Morgan fingerprint density at radius 2 is 2.22 bits per heavy atom. The zero-order chi connectivity index (χ0) is 16.6. The zero-order valence-corrected chi connectivity index (χ0v) is 12.3. The highest BCUT2D eigenvalue weighted by atomic mass is 16.6. The fraction of sp³-hybridized carbons (Fsp3) is 0.357. The molecule has 0 bridgehead atoms. The van der Waals surface area contributed by atoms with Gasteiger partial charge in [-0.15, -0.1) is 0 Å². The van der Waals surface area contributed by atoms with Gasteiger partial charge in [0.15, 0.2) is 11.7 Å². The number of amides is 2. The third-order valence-electron chi connectivity index (χ3n) is 3.60. The minimum Gasteiger partial charge on any atom is -0.434 e. The maximum absolute atomic E-state index is 11.9. The molecule has 1 aliphatic heterocycles. The van der Waals surface area contributed by atoms with E-state index in [2.05, 4.69) is 5.32 Å². The van der Waals surface area contributed by atoms with Crippen LogP contribution in [-0.4, -0.2) is 47.5 Å². The van der Waals surface area contributed by atoms with E-state index in [1.807, 2.05) is 0 Å². The second kappa shape index (κ2) is 5.76. The van der Waals surface area contributed by atoms with Gasteiger partial charge in [-0.2, -0.15) is 0 Å². The first-order chi connectivity index (χ1) is 11.0. The number of fused-ring (bicyclic) bond motifs is 1. The molecule has 1 aromatic carbocycles. The molecule has 2 aromatic rings. The molecule has 2 amide bonds. The Hall–Kier alpha value is -2.81. The highest BCUT2D eigenvalue weighted by molar-refractivity contribution is 5.96. The number of carbonyl (C=O) groups excluding carboxylic acids is 2. The number of anilines is 1. The molecule has 1 aliphatic rings. The summed E-state index contributed by atoms with van der Waals surface area (Å²) in [7, 11) is 1.58. The number of oxazole rings is 1. The molecule has 1 fully saturated rings. The van der Waals surface area contributed by atoms with E-state index in [9.17, 15) is 14.4 Å². The average molecular weight is 321 g/mol. The lowest BCUT2D eigenvalue weighted by Crippen LogP contribution is -2.38. The first-order valence-corrected chi connectivity index (χ1v) is 6.97. The summed E-state index contributed by atoms with van der Waals surface area (Å²) >= 11 is 0. The first kappa shape index (κ1) is 15.1. The summed E-state index contributed by atoms with van der Waals surface area (Å²) in [6.07, 6.45) is -1.61. The minimum absolute atomic E-state index is 0.0403. The summed E-state index contributed by atoms with van der Waals surface area (Å²) in [4.78, 5) is 36.5. The van der Waals surface area contributed by atoms with Crippen molar-refractivity contribution >= 4 is 28.8 Å². The number of benzene rings is 1. The molecule has 1 aromatic heterocycles. The molecular formula is C14H15N3O6. The predicted molar refractivity (Wildman–Crippen MR) is 79.2 cm³/mol. The zero-order valence-electron chi connectivity index (χ0n) is 12.3. The van der Waals surface area contributed by atoms with E-state index in [0.29, 0.717) is 16.8 Å². The number of ether oxygens (including phenoxy) is 1. The Balaban J connectivity index is 1.83. The molecule has 2 N–H and O–H groups in total. The van der Waals surface area contributed by atoms with Crippen molar-refractivity contribution in [2.24, 2.45) is 7.05 Å². The summed E-state index contributed by atoms with van der Waals surface area (Å²) in [6.45, 7) is -0.0630. The van der Waals surface area contributed by atoms with E-state index in [-0.39, 0.29) is 19.7 Å². The van der Waals surface area contributed by atoms with E-state index in [0.717, 1.165) is 0 Å². The van der Waals surface area contributed by atoms with Crippen LogP contribution in [0.3, 0.4) is 0 Å². The smallest absolute Gasteiger partial charge is 0.419 e. The fourth-order valence-electron chi connectivity index (χ4n) is 2.39. The van der Waals surface area contributed by atoms with Gasteiger partial charge < -0.3 is 19.6 Å². The highest BCUT2D eigenvalue weighted by Crippen LogP contribution is 2.25. The average Bonchev–Trinajstić information content (AvgIpc) is 3.05.